The van der Waals surface area contributed by atoms with Crippen LogP contribution in [-0.4, -0.2) is 53.8 Å². The summed E-state index contributed by atoms with van der Waals surface area (Å²) < 4.78 is 25.1. The fourth-order valence-corrected chi connectivity index (χ4v) is 4.98. The molecule has 0 fully saturated rings. The van der Waals surface area contributed by atoms with Crippen molar-refractivity contribution in [2.75, 3.05) is 12.8 Å². The molecule has 182 valence electrons. The Kier molecular flexibility index (Phi) is 6.49. The Labute approximate surface area is 202 Å². The average Bonchev–Trinajstić information content (AvgIpc) is 3.16. The number of carbonyl (C=O) groups excluding carboxylic acids is 1. The second-order valence-electron chi connectivity index (χ2n) is 8.71. The lowest BCUT2D eigenvalue weighted by atomic mass is 9.93. The van der Waals surface area contributed by atoms with Gasteiger partial charge in [0.25, 0.3) is 0 Å². The topological polar surface area (TPSA) is 141 Å². The molecular formula is C25H26N4O5S. The van der Waals surface area contributed by atoms with E-state index in [1.54, 1.807) is 6.07 Å². The van der Waals surface area contributed by atoms with E-state index in [0.29, 0.717) is 23.9 Å². The van der Waals surface area contributed by atoms with Crippen molar-refractivity contribution in [1.82, 2.24) is 20.6 Å². The van der Waals surface area contributed by atoms with E-state index in [2.05, 4.69) is 20.6 Å². The van der Waals surface area contributed by atoms with Gasteiger partial charge in [0.1, 0.15) is 5.54 Å². The number of aromatic amines is 1. The molecule has 2 amide bonds. The molecule has 4 N–H and O–H groups in total. The van der Waals surface area contributed by atoms with E-state index in [-0.39, 0.29) is 17.1 Å². The number of carbonyl (C=O) groups is 2. The lowest BCUT2D eigenvalue weighted by Crippen LogP contribution is -2.58. The molecule has 0 aliphatic rings. The summed E-state index contributed by atoms with van der Waals surface area (Å²) >= 11 is 0. The van der Waals surface area contributed by atoms with Crippen molar-refractivity contribution < 1.29 is 23.1 Å². The summed E-state index contributed by atoms with van der Waals surface area (Å²) in [5, 5.41) is 15.8. The number of aromatic nitrogens is 2. The molecule has 0 aliphatic heterocycles. The number of pyridine rings is 1. The van der Waals surface area contributed by atoms with Crippen LogP contribution >= 0.6 is 0 Å². The molecule has 1 unspecified atom stereocenters. The van der Waals surface area contributed by atoms with Gasteiger partial charge in [0.05, 0.1) is 5.52 Å². The highest BCUT2D eigenvalue weighted by Gasteiger charge is 2.36. The molecule has 0 saturated carbocycles. The van der Waals surface area contributed by atoms with Crippen molar-refractivity contribution in [3.8, 4) is 0 Å². The first kappa shape index (κ1) is 24.2. The van der Waals surface area contributed by atoms with Crippen LogP contribution in [0.15, 0.2) is 65.7 Å². The van der Waals surface area contributed by atoms with Crippen LogP contribution in [0.25, 0.3) is 21.8 Å². The number of rotatable bonds is 8. The number of nitrogens with zero attached hydrogens (tertiary/aromatic N) is 1. The maximum atomic E-state index is 13.1. The lowest BCUT2D eigenvalue weighted by molar-refractivity contribution is -0.126. The predicted molar refractivity (Wildman–Crippen MR) is 133 cm³/mol. The standard InChI is InChI=1S/C25H26N4O5S/c1-25(29-24(31)32,23(30)26-13-12-16-8-4-3-5-9-16)15-17-14-19-18-10-6-7-11-20(18)28-21(19)22(27-17)35(2,33)34/h3-11,14,28-29H,12-13,15H2,1-2H3,(H,26,30)(H,31,32). The van der Waals surface area contributed by atoms with Crippen molar-refractivity contribution in [2.24, 2.45) is 0 Å². The maximum Gasteiger partial charge on any atom is 0.405 e. The summed E-state index contributed by atoms with van der Waals surface area (Å²) in [6.07, 6.45) is 0.124. The molecule has 2 heterocycles. The molecule has 4 aromatic rings. The zero-order chi connectivity index (χ0) is 25.2. The van der Waals surface area contributed by atoms with E-state index in [0.717, 1.165) is 22.7 Å². The summed E-state index contributed by atoms with van der Waals surface area (Å²) in [5.41, 5.74) is 0.848. The van der Waals surface area contributed by atoms with E-state index < -0.39 is 27.4 Å². The number of carboxylic acid groups (broad SMARTS) is 1. The van der Waals surface area contributed by atoms with Crippen LogP contribution in [0, 0.1) is 0 Å². The van der Waals surface area contributed by atoms with Crippen LogP contribution in [0.1, 0.15) is 18.2 Å². The summed E-state index contributed by atoms with van der Waals surface area (Å²) in [5.74, 6) is -0.530. The molecule has 0 aliphatic carbocycles. The smallest absolute Gasteiger partial charge is 0.405 e. The molecule has 2 aromatic heterocycles. The highest BCUT2D eigenvalue weighted by atomic mass is 32.2. The van der Waals surface area contributed by atoms with E-state index in [1.807, 2.05) is 54.6 Å². The summed E-state index contributed by atoms with van der Waals surface area (Å²) in [4.78, 5) is 32.1. The molecule has 35 heavy (non-hydrogen) atoms. The number of sulfone groups is 1. The molecule has 9 nitrogen and oxygen atoms in total. The Morgan fingerprint density at radius 1 is 1.06 bits per heavy atom. The second kappa shape index (κ2) is 9.38. The van der Waals surface area contributed by atoms with Gasteiger partial charge in [0.2, 0.25) is 5.91 Å². The number of nitrogens with one attached hydrogen (secondary N) is 3. The third-order valence-electron chi connectivity index (χ3n) is 5.83. The molecule has 0 bridgehead atoms. The van der Waals surface area contributed by atoms with Crippen molar-refractivity contribution >= 4 is 43.6 Å². The van der Waals surface area contributed by atoms with Gasteiger partial charge in [-0.2, -0.15) is 0 Å². The first-order valence-corrected chi connectivity index (χ1v) is 12.9. The Hall–Kier alpha value is -3.92. The molecule has 0 radical (unpaired) electrons. The summed E-state index contributed by atoms with van der Waals surface area (Å²) in [6.45, 7) is 1.77. The predicted octanol–water partition coefficient (Wildman–Crippen LogP) is 3.05. The minimum atomic E-state index is -3.72. The Morgan fingerprint density at radius 2 is 1.74 bits per heavy atom. The largest absolute Gasteiger partial charge is 0.465 e. The first-order valence-electron chi connectivity index (χ1n) is 11.0. The average molecular weight is 495 g/mol. The molecular weight excluding hydrogens is 468 g/mol. The van der Waals surface area contributed by atoms with Crippen LogP contribution in [-0.2, 0) is 27.5 Å². The maximum absolute atomic E-state index is 13.1. The van der Waals surface area contributed by atoms with E-state index >= 15 is 0 Å². The van der Waals surface area contributed by atoms with Crippen LogP contribution in [0.2, 0.25) is 0 Å². The van der Waals surface area contributed by atoms with E-state index in [1.165, 1.54) is 6.92 Å². The zero-order valence-electron chi connectivity index (χ0n) is 19.3. The van der Waals surface area contributed by atoms with Gasteiger partial charge in [-0.3, -0.25) is 4.79 Å². The number of amides is 2. The Bertz CT molecular complexity index is 1520. The number of benzene rings is 2. The number of fused-ring (bicyclic) bond motifs is 3. The van der Waals surface area contributed by atoms with E-state index in [9.17, 15) is 23.1 Å². The van der Waals surface area contributed by atoms with Crippen molar-refractivity contribution in [3.05, 3.63) is 71.9 Å². The fraction of sp³-hybridized carbons (Fsp3) is 0.240. The normalized spacial score (nSPS) is 13.4. The minimum Gasteiger partial charge on any atom is -0.465 e. The number of hydrogen-bond acceptors (Lipinski definition) is 5. The SMILES string of the molecule is CC(Cc1cc2c([nH]c3ccccc32)c(S(C)(=O)=O)n1)(NC(=O)O)C(=O)NCCc1ccccc1. The first-order chi connectivity index (χ1) is 16.6. The van der Waals surface area contributed by atoms with Crippen LogP contribution in [0.4, 0.5) is 4.79 Å². The quantitative estimate of drug-likeness (QED) is 0.297. The van der Waals surface area contributed by atoms with Gasteiger partial charge in [-0.1, -0.05) is 48.5 Å². The van der Waals surface area contributed by atoms with Crippen molar-refractivity contribution in [1.29, 1.82) is 0 Å². The molecule has 2 aromatic carbocycles. The molecule has 1 atom stereocenters. The van der Waals surface area contributed by atoms with Crippen molar-refractivity contribution in [3.63, 3.8) is 0 Å². The van der Waals surface area contributed by atoms with Gasteiger partial charge >= 0.3 is 6.09 Å². The summed E-state index contributed by atoms with van der Waals surface area (Å²) in [6, 6.07) is 18.6. The van der Waals surface area contributed by atoms with Gasteiger partial charge in [-0.05, 0) is 31.0 Å². The van der Waals surface area contributed by atoms with E-state index in [4.69, 9.17) is 0 Å². The van der Waals surface area contributed by atoms with Gasteiger partial charge in [0.15, 0.2) is 14.9 Å². The third-order valence-corrected chi connectivity index (χ3v) is 6.83. The third kappa shape index (κ3) is 5.27. The fourth-order valence-electron chi connectivity index (χ4n) is 4.17. The van der Waals surface area contributed by atoms with Gasteiger partial charge in [-0.25, -0.2) is 18.2 Å². The lowest BCUT2D eigenvalue weighted by Gasteiger charge is -2.28. The molecule has 0 spiro atoms. The van der Waals surface area contributed by atoms with Gasteiger partial charge in [-0.15, -0.1) is 0 Å². The van der Waals surface area contributed by atoms with Crippen LogP contribution in [0.5, 0.6) is 0 Å². The summed E-state index contributed by atoms with van der Waals surface area (Å²) in [7, 11) is -3.72. The highest BCUT2D eigenvalue weighted by molar-refractivity contribution is 7.90. The Balaban J connectivity index is 1.69. The Morgan fingerprint density at radius 3 is 2.43 bits per heavy atom. The van der Waals surface area contributed by atoms with Crippen LogP contribution < -0.4 is 10.6 Å². The monoisotopic (exact) mass is 494 g/mol. The van der Waals surface area contributed by atoms with Gasteiger partial charge < -0.3 is 20.7 Å². The highest BCUT2D eigenvalue weighted by Crippen LogP contribution is 2.30. The zero-order valence-corrected chi connectivity index (χ0v) is 20.1. The van der Waals surface area contributed by atoms with Crippen LogP contribution in [0.3, 0.4) is 0 Å². The number of H-pyrrole nitrogens is 1. The number of para-hydroxylation sites is 1. The molecule has 10 heteroatoms. The van der Waals surface area contributed by atoms with Crippen molar-refractivity contribution in [2.45, 2.75) is 30.3 Å². The van der Waals surface area contributed by atoms with Gasteiger partial charge in [0, 0.05) is 41.2 Å². The minimum absolute atomic E-state index is 0.144. The number of hydrogen-bond donors (Lipinski definition) is 4. The molecule has 0 saturated heterocycles. The molecule has 4 rings (SSSR count). The second-order valence-corrected chi connectivity index (χ2v) is 10.6.